The van der Waals surface area contributed by atoms with E-state index in [9.17, 15) is 9.59 Å². The van der Waals surface area contributed by atoms with Gasteiger partial charge < -0.3 is 5.32 Å². The second-order valence-electron chi connectivity index (χ2n) is 5.13. The third-order valence-corrected chi connectivity index (χ3v) is 4.77. The minimum atomic E-state index is -0.373. The maximum absolute atomic E-state index is 12.5. The zero-order valence-corrected chi connectivity index (χ0v) is 15.0. The fourth-order valence-corrected chi connectivity index (χ4v) is 3.36. The van der Waals surface area contributed by atoms with Gasteiger partial charge in [0.15, 0.2) is 5.82 Å². The van der Waals surface area contributed by atoms with E-state index in [-0.39, 0.29) is 23.1 Å². The molecular formula is C16H10BrN5O2S. The first kappa shape index (κ1) is 15.7. The van der Waals surface area contributed by atoms with Crippen LogP contribution in [0.2, 0.25) is 0 Å². The summed E-state index contributed by atoms with van der Waals surface area (Å²) < 4.78 is 2.20. The molecule has 0 fully saturated rings. The zero-order chi connectivity index (χ0) is 17.4. The molecule has 0 unspecified atom stereocenters. The summed E-state index contributed by atoms with van der Waals surface area (Å²) in [6.07, 6.45) is 0. The molecule has 0 radical (unpaired) electrons. The largest absolute Gasteiger partial charge is 0.306 e. The van der Waals surface area contributed by atoms with Crippen LogP contribution in [0.4, 0.5) is 5.82 Å². The number of thiophene rings is 1. The van der Waals surface area contributed by atoms with Crippen LogP contribution in [0.3, 0.4) is 0 Å². The molecule has 7 nitrogen and oxygen atoms in total. The summed E-state index contributed by atoms with van der Waals surface area (Å²) in [6, 6.07) is 12.0. The standard InChI is InChI=1S/C16H10BrN5O2S/c17-10-4-1-3-9(7-10)15(24)18-12-8-13(23)19-16-20-14(21-22(12)16)11-5-2-6-25-11/h1-8H,(H,18,24)(H,19,20,21,23). The summed E-state index contributed by atoms with van der Waals surface area (Å²) in [5.41, 5.74) is 0.0866. The summed E-state index contributed by atoms with van der Waals surface area (Å²) >= 11 is 4.82. The smallest absolute Gasteiger partial charge is 0.256 e. The molecule has 0 aliphatic heterocycles. The van der Waals surface area contributed by atoms with Crippen LogP contribution in [-0.2, 0) is 0 Å². The molecule has 4 aromatic rings. The molecule has 3 heterocycles. The zero-order valence-electron chi connectivity index (χ0n) is 12.6. The molecule has 3 aromatic heterocycles. The lowest BCUT2D eigenvalue weighted by Crippen LogP contribution is -2.18. The van der Waals surface area contributed by atoms with Crippen molar-refractivity contribution in [2.45, 2.75) is 0 Å². The Morgan fingerprint density at radius 2 is 2.12 bits per heavy atom. The second-order valence-corrected chi connectivity index (χ2v) is 6.99. The van der Waals surface area contributed by atoms with Crippen molar-refractivity contribution < 1.29 is 4.79 Å². The fraction of sp³-hybridized carbons (Fsp3) is 0. The molecule has 1 amide bonds. The SMILES string of the molecule is O=C(Nc1cc(=O)[nH]c2nc(-c3cccs3)nn12)c1cccc(Br)c1. The molecule has 9 heteroatoms. The van der Waals surface area contributed by atoms with Gasteiger partial charge in [-0.25, -0.2) is 0 Å². The minimum absolute atomic E-state index is 0.249. The minimum Gasteiger partial charge on any atom is -0.306 e. The molecule has 0 saturated carbocycles. The van der Waals surface area contributed by atoms with E-state index in [0.717, 1.165) is 9.35 Å². The fourth-order valence-electron chi connectivity index (χ4n) is 2.31. The van der Waals surface area contributed by atoms with E-state index in [1.165, 1.54) is 21.9 Å². The number of benzene rings is 1. The monoisotopic (exact) mass is 415 g/mol. The number of H-pyrrole nitrogens is 1. The highest BCUT2D eigenvalue weighted by atomic mass is 79.9. The molecular weight excluding hydrogens is 406 g/mol. The first-order chi connectivity index (χ1) is 12.1. The van der Waals surface area contributed by atoms with Gasteiger partial charge in [0.05, 0.1) is 4.88 Å². The number of rotatable bonds is 3. The van der Waals surface area contributed by atoms with Crippen LogP contribution in [0.25, 0.3) is 16.5 Å². The maximum Gasteiger partial charge on any atom is 0.256 e. The molecule has 0 saturated heterocycles. The van der Waals surface area contributed by atoms with Crippen molar-refractivity contribution in [3.63, 3.8) is 0 Å². The van der Waals surface area contributed by atoms with Crippen molar-refractivity contribution in [1.82, 2.24) is 19.6 Å². The van der Waals surface area contributed by atoms with Crippen LogP contribution in [-0.4, -0.2) is 25.5 Å². The molecule has 0 aliphatic carbocycles. The van der Waals surface area contributed by atoms with E-state index in [1.807, 2.05) is 23.6 Å². The van der Waals surface area contributed by atoms with Gasteiger partial charge in [-0.15, -0.1) is 16.4 Å². The van der Waals surface area contributed by atoms with Gasteiger partial charge in [-0.2, -0.15) is 9.50 Å². The lowest BCUT2D eigenvalue weighted by molar-refractivity contribution is 0.102. The van der Waals surface area contributed by atoms with Gasteiger partial charge >= 0.3 is 0 Å². The number of amides is 1. The molecule has 0 bridgehead atoms. The predicted octanol–water partition coefficient (Wildman–Crippen LogP) is 3.16. The van der Waals surface area contributed by atoms with Crippen LogP contribution >= 0.6 is 27.3 Å². The number of hydrogen-bond acceptors (Lipinski definition) is 5. The van der Waals surface area contributed by atoms with E-state index in [4.69, 9.17) is 0 Å². The quantitative estimate of drug-likeness (QED) is 0.537. The Bertz CT molecular complexity index is 1130. The van der Waals surface area contributed by atoms with E-state index in [0.29, 0.717) is 11.4 Å². The van der Waals surface area contributed by atoms with Gasteiger partial charge in [-0.05, 0) is 29.6 Å². The van der Waals surface area contributed by atoms with Crippen LogP contribution < -0.4 is 10.9 Å². The van der Waals surface area contributed by atoms with Crippen LogP contribution in [0, 0.1) is 0 Å². The number of nitrogens with one attached hydrogen (secondary N) is 2. The van der Waals surface area contributed by atoms with E-state index in [2.05, 4.69) is 36.3 Å². The van der Waals surface area contributed by atoms with Crippen molar-refractivity contribution in [2.24, 2.45) is 0 Å². The normalized spacial score (nSPS) is 10.9. The molecule has 1 aromatic carbocycles. The lowest BCUT2D eigenvalue weighted by atomic mass is 10.2. The number of aromatic amines is 1. The third kappa shape index (κ3) is 3.11. The highest BCUT2D eigenvalue weighted by Crippen LogP contribution is 2.22. The van der Waals surface area contributed by atoms with Crippen molar-refractivity contribution in [3.8, 4) is 10.7 Å². The number of aromatic nitrogens is 4. The Morgan fingerprint density at radius 1 is 1.24 bits per heavy atom. The first-order valence-corrected chi connectivity index (χ1v) is 8.88. The Morgan fingerprint density at radius 3 is 2.88 bits per heavy atom. The topological polar surface area (TPSA) is 92.1 Å². The molecule has 0 aliphatic rings. The summed E-state index contributed by atoms with van der Waals surface area (Å²) in [5.74, 6) is 0.649. The van der Waals surface area contributed by atoms with Gasteiger partial charge in [0, 0.05) is 16.1 Å². The predicted molar refractivity (Wildman–Crippen MR) is 99.0 cm³/mol. The second kappa shape index (κ2) is 6.26. The van der Waals surface area contributed by atoms with Crippen LogP contribution in [0.15, 0.2) is 57.1 Å². The Balaban J connectivity index is 1.76. The van der Waals surface area contributed by atoms with Crippen LogP contribution in [0.5, 0.6) is 0 Å². The molecule has 4 rings (SSSR count). The summed E-state index contributed by atoms with van der Waals surface area (Å²) in [4.78, 5) is 32.1. The number of nitrogens with zero attached hydrogens (tertiary/aromatic N) is 3. The van der Waals surface area contributed by atoms with Crippen molar-refractivity contribution in [2.75, 3.05) is 5.32 Å². The average Bonchev–Trinajstić information content (AvgIpc) is 3.23. The summed E-state index contributed by atoms with van der Waals surface area (Å²) in [7, 11) is 0. The maximum atomic E-state index is 12.5. The highest BCUT2D eigenvalue weighted by molar-refractivity contribution is 9.10. The number of anilines is 1. The van der Waals surface area contributed by atoms with Gasteiger partial charge in [-0.3, -0.25) is 14.6 Å². The number of fused-ring (bicyclic) bond motifs is 1. The summed E-state index contributed by atoms with van der Waals surface area (Å²) in [6.45, 7) is 0. The van der Waals surface area contributed by atoms with Crippen molar-refractivity contribution >= 4 is 44.8 Å². The Labute approximate surface area is 153 Å². The van der Waals surface area contributed by atoms with Gasteiger partial charge in [0.25, 0.3) is 11.5 Å². The van der Waals surface area contributed by atoms with Gasteiger partial charge in [0.1, 0.15) is 5.82 Å². The molecule has 25 heavy (non-hydrogen) atoms. The molecule has 2 N–H and O–H groups in total. The van der Waals surface area contributed by atoms with E-state index >= 15 is 0 Å². The van der Waals surface area contributed by atoms with E-state index in [1.54, 1.807) is 18.2 Å². The first-order valence-electron chi connectivity index (χ1n) is 7.21. The number of halogens is 1. The van der Waals surface area contributed by atoms with E-state index < -0.39 is 0 Å². The number of carbonyl (C=O) groups excluding carboxylic acids is 1. The van der Waals surface area contributed by atoms with Crippen molar-refractivity contribution in [3.05, 3.63) is 68.2 Å². The van der Waals surface area contributed by atoms with Crippen LogP contribution in [0.1, 0.15) is 10.4 Å². The lowest BCUT2D eigenvalue weighted by Gasteiger charge is -2.06. The van der Waals surface area contributed by atoms with Crippen molar-refractivity contribution in [1.29, 1.82) is 0 Å². The number of carbonyl (C=O) groups is 1. The van der Waals surface area contributed by atoms with Gasteiger partial charge in [-0.1, -0.05) is 28.1 Å². The average molecular weight is 416 g/mol. The highest BCUT2D eigenvalue weighted by Gasteiger charge is 2.14. The molecule has 124 valence electrons. The third-order valence-electron chi connectivity index (χ3n) is 3.41. The summed E-state index contributed by atoms with van der Waals surface area (Å²) in [5, 5.41) is 9.01. The molecule has 0 spiro atoms. The Hall–Kier alpha value is -2.78. The Kier molecular flexibility index (Phi) is 3.94. The molecule has 0 atom stereocenters. The van der Waals surface area contributed by atoms with Gasteiger partial charge in [0.2, 0.25) is 5.78 Å². The number of hydrogen-bond donors (Lipinski definition) is 2.